The number of nitrogens with two attached hydrogens (primary N) is 1. The lowest BCUT2D eigenvalue weighted by Gasteiger charge is -2.27. The highest BCUT2D eigenvalue weighted by Crippen LogP contribution is 2.44. The van der Waals surface area contributed by atoms with Crippen LogP contribution in [0.15, 0.2) is 52.3 Å². The molecule has 0 radical (unpaired) electrons. The Morgan fingerprint density at radius 3 is 2.59 bits per heavy atom. The monoisotopic (exact) mass is 426 g/mol. The fraction of sp³-hybridized carbons (Fsp3) is 0.318. The first-order chi connectivity index (χ1) is 13.0. The summed E-state index contributed by atoms with van der Waals surface area (Å²) >= 11 is 3.45. The Morgan fingerprint density at radius 1 is 1.19 bits per heavy atom. The van der Waals surface area contributed by atoms with E-state index in [-0.39, 0.29) is 17.6 Å². The van der Waals surface area contributed by atoms with Gasteiger partial charge in [0.05, 0.1) is 5.92 Å². The van der Waals surface area contributed by atoms with E-state index in [1.807, 2.05) is 30.3 Å². The van der Waals surface area contributed by atoms with Crippen molar-refractivity contribution >= 4 is 15.9 Å². The number of aromatic hydroxyl groups is 1. The number of nitriles is 1. The molecule has 2 aromatic rings. The largest absolute Gasteiger partial charge is 0.508 e. The van der Waals surface area contributed by atoms with Crippen molar-refractivity contribution in [2.24, 2.45) is 5.73 Å². The number of benzene rings is 2. The minimum Gasteiger partial charge on any atom is -0.508 e. The van der Waals surface area contributed by atoms with Crippen molar-refractivity contribution in [3.05, 3.63) is 69.0 Å². The van der Waals surface area contributed by atoms with Gasteiger partial charge in [0.15, 0.2) is 0 Å². The number of unbranched alkanes of at least 4 members (excludes halogenated alkanes) is 3. The fourth-order valence-electron chi connectivity index (χ4n) is 3.48. The zero-order chi connectivity index (χ0) is 19.4. The first-order valence-electron chi connectivity index (χ1n) is 9.24. The first-order valence-corrected chi connectivity index (χ1v) is 10.0. The molecule has 0 aromatic heterocycles. The van der Waals surface area contributed by atoms with E-state index in [0.717, 1.165) is 40.4 Å². The third kappa shape index (κ3) is 4.12. The number of nitrogens with zero attached hydrogens (tertiary/aromatic N) is 1. The molecule has 0 spiro atoms. The second kappa shape index (κ2) is 8.49. The van der Waals surface area contributed by atoms with Crippen LogP contribution in [0.4, 0.5) is 0 Å². The van der Waals surface area contributed by atoms with E-state index in [2.05, 4.69) is 28.9 Å². The molecule has 2 aromatic carbocycles. The molecular formula is C22H23BrN2O2. The van der Waals surface area contributed by atoms with Gasteiger partial charge in [0.1, 0.15) is 23.1 Å². The maximum absolute atomic E-state index is 10.4. The lowest BCUT2D eigenvalue weighted by atomic mass is 9.82. The van der Waals surface area contributed by atoms with Crippen LogP contribution in [0.2, 0.25) is 0 Å². The molecule has 0 saturated heterocycles. The van der Waals surface area contributed by atoms with Crippen molar-refractivity contribution in [2.45, 2.75) is 44.9 Å². The number of ether oxygens (including phenoxy) is 1. The number of aryl methyl sites for hydroxylation is 1. The van der Waals surface area contributed by atoms with Gasteiger partial charge in [-0.1, -0.05) is 54.2 Å². The molecule has 140 valence electrons. The van der Waals surface area contributed by atoms with Crippen LogP contribution in [-0.2, 0) is 6.42 Å². The molecule has 5 heteroatoms. The van der Waals surface area contributed by atoms with Gasteiger partial charge in [-0.2, -0.15) is 5.26 Å². The SMILES string of the molecule is CCCCCCc1cc2c(cc1O)OC(N)=C(C#N)C2c1ccc(Br)cc1. The Kier molecular flexibility index (Phi) is 6.08. The van der Waals surface area contributed by atoms with E-state index in [1.54, 1.807) is 6.07 Å². The molecule has 3 rings (SSSR count). The third-order valence-corrected chi connectivity index (χ3v) is 5.45. The van der Waals surface area contributed by atoms with Crippen molar-refractivity contribution in [3.63, 3.8) is 0 Å². The second-order valence-electron chi connectivity index (χ2n) is 6.81. The average molecular weight is 427 g/mol. The first kappa shape index (κ1) is 19.3. The van der Waals surface area contributed by atoms with Gasteiger partial charge in [0, 0.05) is 16.1 Å². The normalized spacial score (nSPS) is 15.8. The number of fused-ring (bicyclic) bond motifs is 1. The van der Waals surface area contributed by atoms with Crippen LogP contribution in [0.1, 0.15) is 55.2 Å². The zero-order valence-corrected chi connectivity index (χ0v) is 16.9. The summed E-state index contributed by atoms with van der Waals surface area (Å²) in [6.45, 7) is 2.18. The number of hydrogen-bond donors (Lipinski definition) is 2. The highest BCUT2D eigenvalue weighted by Gasteiger charge is 2.31. The Balaban J connectivity index is 2.03. The summed E-state index contributed by atoms with van der Waals surface area (Å²) in [4.78, 5) is 0. The van der Waals surface area contributed by atoms with Crippen LogP contribution in [-0.4, -0.2) is 5.11 Å². The molecule has 1 atom stereocenters. The number of phenols is 1. The van der Waals surface area contributed by atoms with Gasteiger partial charge >= 0.3 is 0 Å². The van der Waals surface area contributed by atoms with E-state index < -0.39 is 0 Å². The van der Waals surface area contributed by atoms with E-state index in [9.17, 15) is 10.4 Å². The molecule has 3 N–H and O–H groups in total. The minimum atomic E-state index is -0.304. The number of halogens is 1. The molecule has 1 unspecified atom stereocenters. The molecule has 27 heavy (non-hydrogen) atoms. The summed E-state index contributed by atoms with van der Waals surface area (Å²) in [7, 11) is 0. The number of rotatable bonds is 6. The van der Waals surface area contributed by atoms with E-state index >= 15 is 0 Å². The Labute approximate surface area is 168 Å². The molecule has 0 bridgehead atoms. The number of phenolic OH excluding ortho intramolecular Hbond substituents is 1. The maximum Gasteiger partial charge on any atom is 0.205 e. The van der Waals surface area contributed by atoms with Crippen LogP contribution >= 0.6 is 15.9 Å². The predicted molar refractivity (Wildman–Crippen MR) is 109 cm³/mol. The number of hydrogen-bond acceptors (Lipinski definition) is 4. The summed E-state index contributed by atoms with van der Waals surface area (Å²) in [5.74, 6) is 0.511. The molecule has 0 aliphatic carbocycles. The van der Waals surface area contributed by atoms with Gasteiger partial charge in [0.25, 0.3) is 0 Å². The summed E-state index contributed by atoms with van der Waals surface area (Å²) in [5, 5.41) is 20.1. The third-order valence-electron chi connectivity index (χ3n) is 4.92. The summed E-state index contributed by atoms with van der Waals surface area (Å²) in [6, 6.07) is 13.6. The van der Waals surface area contributed by atoms with Crippen molar-refractivity contribution in [3.8, 4) is 17.6 Å². The van der Waals surface area contributed by atoms with Crippen molar-refractivity contribution in [1.82, 2.24) is 0 Å². The fourth-order valence-corrected chi connectivity index (χ4v) is 3.75. The van der Waals surface area contributed by atoms with Crippen LogP contribution in [0, 0.1) is 11.3 Å². The van der Waals surface area contributed by atoms with Crippen LogP contribution in [0.3, 0.4) is 0 Å². The van der Waals surface area contributed by atoms with E-state index in [4.69, 9.17) is 10.5 Å². The minimum absolute atomic E-state index is 0.0908. The molecule has 1 heterocycles. The summed E-state index contributed by atoms with van der Waals surface area (Å²) < 4.78 is 6.62. The summed E-state index contributed by atoms with van der Waals surface area (Å²) in [6.07, 6.45) is 5.32. The molecule has 0 amide bonds. The Morgan fingerprint density at radius 2 is 1.93 bits per heavy atom. The van der Waals surface area contributed by atoms with Gasteiger partial charge in [-0.15, -0.1) is 0 Å². The topological polar surface area (TPSA) is 79.3 Å². The molecule has 0 saturated carbocycles. The van der Waals surface area contributed by atoms with Crippen molar-refractivity contribution in [2.75, 3.05) is 0 Å². The highest BCUT2D eigenvalue weighted by atomic mass is 79.9. The average Bonchev–Trinajstić information content (AvgIpc) is 2.65. The summed E-state index contributed by atoms with van der Waals surface area (Å²) in [5.41, 5.74) is 9.12. The zero-order valence-electron chi connectivity index (χ0n) is 15.3. The molecule has 4 nitrogen and oxygen atoms in total. The Hall–Kier alpha value is -2.45. The predicted octanol–water partition coefficient (Wildman–Crippen LogP) is 5.50. The van der Waals surface area contributed by atoms with Crippen LogP contribution in [0.5, 0.6) is 11.5 Å². The Bertz CT molecular complexity index is 898. The lowest BCUT2D eigenvalue weighted by molar-refractivity contribution is 0.387. The van der Waals surface area contributed by atoms with Gasteiger partial charge in [0.2, 0.25) is 5.88 Å². The van der Waals surface area contributed by atoms with E-state index in [0.29, 0.717) is 11.3 Å². The van der Waals surface area contributed by atoms with Gasteiger partial charge in [-0.05, 0) is 42.2 Å². The van der Waals surface area contributed by atoms with Gasteiger partial charge in [-0.3, -0.25) is 0 Å². The van der Waals surface area contributed by atoms with Crippen molar-refractivity contribution < 1.29 is 9.84 Å². The molecule has 1 aliphatic rings. The molecular weight excluding hydrogens is 404 g/mol. The smallest absolute Gasteiger partial charge is 0.205 e. The second-order valence-corrected chi connectivity index (χ2v) is 7.72. The maximum atomic E-state index is 10.4. The molecule has 0 fully saturated rings. The highest BCUT2D eigenvalue weighted by molar-refractivity contribution is 9.10. The number of allylic oxidation sites excluding steroid dienone is 1. The van der Waals surface area contributed by atoms with Crippen LogP contribution in [0.25, 0.3) is 0 Å². The lowest BCUT2D eigenvalue weighted by Crippen LogP contribution is -2.21. The van der Waals surface area contributed by atoms with E-state index in [1.165, 1.54) is 12.8 Å². The standard InChI is InChI=1S/C22H23BrN2O2/c1-2-3-4-5-6-15-11-17-20(12-19(15)26)27-22(25)18(13-24)21(17)14-7-9-16(23)10-8-14/h7-12,21,26H,2-6,25H2,1H3. The van der Waals surface area contributed by atoms with Crippen LogP contribution < -0.4 is 10.5 Å². The van der Waals surface area contributed by atoms with Gasteiger partial charge < -0.3 is 15.6 Å². The quantitative estimate of drug-likeness (QED) is 0.597. The van der Waals surface area contributed by atoms with Crippen molar-refractivity contribution in [1.29, 1.82) is 5.26 Å². The molecule has 1 aliphatic heterocycles. The van der Waals surface area contributed by atoms with Gasteiger partial charge in [-0.25, -0.2) is 0 Å².